The number of aromatic nitrogens is 3. The van der Waals surface area contributed by atoms with Gasteiger partial charge in [-0.25, -0.2) is 15.0 Å². The molecule has 1 N–H and O–H groups in total. The summed E-state index contributed by atoms with van der Waals surface area (Å²) in [6, 6.07) is 6.71. The quantitative estimate of drug-likeness (QED) is 0.730. The van der Waals surface area contributed by atoms with Crippen LogP contribution >= 0.6 is 0 Å². The third-order valence-electron chi connectivity index (χ3n) is 5.79. The van der Waals surface area contributed by atoms with Gasteiger partial charge in [0.1, 0.15) is 11.5 Å². The molecule has 0 amide bonds. The molecule has 7 nitrogen and oxygen atoms in total. The number of aryl methyl sites for hydroxylation is 1. The predicted molar refractivity (Wildman–Crippen MR) is 107 cm³/mol. The number of morpholine rings is 1. The van der Waals surface area contributed by atoms with Crippen LogP contribution in [0.3, 0.4) is 0 Å². The Morgan fingerprint density at radius 3 is 2.79 bits per heavy atom. The Kier molecular flexibility index (Phi) is 4.70. The van der Waals surface area contributed by atoms with Crippen LogP contribution in [0.5, 0.6) is 0 Å². The minimum atomic E-state index is 0.643. The summed E-state index contributed by atoms with van der Waals surface area (Å²) in [6.07, 6.45) is 6.10. The van der Waals surface area contributed by atoms with Crippen LogP contribution in [-0.4, -0.2) is 58.7 Å². The van der Waals surface area contributed by atoms with Gasteiger partial charge in [-0.05, 0) is 30.9 Å². The van der Waals surface area contributed by atoms with Gasteiger partial charge in [-0.1, -0.05) is 0 Å². The number of pyridine rings is 2. The number of rotatable bonds is 5. The Morgan fingerprint density at radius 2 is 2.00 bits per heavy atom. The van der Waals surface area contributed by atoms with Crippen molar-refractivity contribution in [2.45, 2.75) is 25.8 Å². The van der Waals surface area contributed by atoms with Crippen molar-refractivity contribution in [3.63, 3.8) is 0 Å². The molecule has 2 aliphatic rings. The standard InChI is InChI=1S/C21H25N5O2/c1-14-22-13-20(28-14)18-3-2-16-12-24-21(10-19(16)25-18)23-11-15-8-17(9-15)26-4-6-27-7-5-26/h2-3,10,12-13,15,17H,4-9,11H2,1H3,(H,23,24). The van der Waals surface area contributed by atoms with Crippen LogP contribution in [0.15, 0.2) is 35.0 Å². The molecule has 5 rings (SSSR count). The molecule has 0 radical (unpaired) electrons. The maximum absolute atomic E-state index is 5.59. The second-order valence-corrected chi connectivity index (χ2v) is 7.72. The van der Waals surface area contributed by atoms with Crippen molar-refractivity contribution in [3.05, 3.63) is 36.5 Å². The van der Waals surface area contributed by atoms with E-state index >= 15 is 0 Å². The third kappa shape index (κ3) is 3.59. The molecule has 3 aromatic heterocycles. The summed E-state index contributed by atoms with van der Waals surface area (Å²) in [4.78, 5) is 16.0. The molecule has 1 saturated heterocycles. The van der Waals surface area contributed by atoms with Crippen molar-refractivity contribution in [2.75, 3.05) is 38.2 Å². The number of nitrogens with zero attached hydrogens (tertiary/aromatic N) is 4. The molecule has 28 heavy (non-hydrogen) atoms. The topological polar surface area (TPSA) is 76.3 Å². The summed E-state index contributed by atoms with van der Waals surface area (Å²) in [7, 11) is 0. The van der Waals surface area contributed by atoms with Crippen molar-refractivity contribution >= 4 is 16.7 Å². The van der Waals surface area contributed by atoms with Crippen molar-refractivity contribution in [1.29, 1.82) is 0 Å². The Hall–Kier alpha value is -2.51. The highest BCUT2D eigenvalue weighted by molar-refractivity contribution is 5.82. The smallest absolute Gasteiger partial charge is 0.191 e. The summed E-state index contributed by atoms with van der Waals surface area (Å²) in [6.45, 7) is 6.71. The lowest BCUT2D eigenvalue weighted by molar-refractivity contribution is -0.0151. The normalized spacial score (nSPS) is 22.9. The van der Waals surface area contributed by atoms with E-state index in [1.54, 1.807) is 6.20 Å². The second-order valence-electron chi connectivity index (χ2n) is 7.72. The van der Waals surface area contributed by atoms with E-state index in [0.717, 1.165) is 61.3 Å². The van der Waals surface area contributed by atoms with E-state index in [9.17, 15) is 0 Å². The first-order valence-electron chi connectivity index (χ1n) is 10.00. The zero-order valence-corrected chi connectivity index (χ0v) is 16.1. The van der Waals surface area contributed by atoms with Crippen molar-refractivity contribution < 1.29 is 9.15 Å². The highest BCUT2D eigenvalue weighted by Gasteiger charge is 2.33. The number of hydrogen-bond acceptors (Lipinski definition) is 7. The monoisotopic (exact) mass is 379 g/mol. The molecule has 7 heteroatoms. The second kappa shape index (κ2) is 7.48. The Bertz CT molecular complexity index is 960. The van der Waals surface area contributed by atoms with E-state index in [4.69, 9.17) is 14.1 Å². The molecule has 0 aromatic carbocycles. The average Bonchev–Trinajstić information content (AvgIpc) is 3.13. The first kappa shape index (κ1) is 17.6. The molecular weight excluding hydrogens is 354 g/mol. The maximum Gasteiger partial charge on any atom is 0.191 e. The van der Waals surface area contributed by atoms with E-state index < -0.39 is 0 Å². The Morgan fingerprint density at radius 1 is 1.14 bits per heavy atom. The molecule has 0 unspecified atom stereocenters. The largest absolute Gasteiger partial charge is 0.439 e. The van der Waals surface area contributed by atoms with Crippen LogP contribution in [0.25, 0.3) is 22.4 Å². The van der Waals surface area contributed by atoms with Crippen LogP contribution in [-0.2, 0) is 4.74 Å². The molecule has 2 fully saturated rings. The minimum absolute atomic E-state index is 0.643. The molecule has 4 heterocycles. The highest BCUT2D eigenvalue weighted by Crippen LogP contribution is 2.32. The van der Waals surface area contributed by atoms with Crippen LogP contribution < -0.4 is 5.32 Å². The molecule has 0 spiro atoms. The summed E-state index contributed by atoms with van der Waals surface area (Å²) in [5.41, 5.74) is 1.70. The number of anilines is 1. The van der Waals surface area contributed by atoms with Gasteiger partial charge in [-0.2, -0.15) is 0 Å². The molecular formula is C21H25N5O2. The van der Waals surface area contributed by atoms with Crippen molar-refractivity contribution in [2.24, 2.45) is 5.92 Å². The number of ether oxygens (including phenoxy) is 1. The van der Waals surface area contributed by atoms with E-state index in [2.05, 4.69) is 20.2 Å². The zero-order chi connectivity index (χ0) is 18.9. The van der Waals surface area contributed by atoms with Crippen LogP contribution in [0.4, 0.5) is 5.82 Å². The number of fused-ring (bicyclic) bond motifs is 1. The zero-order valence-electron chi connectivity index (χ0n) is 16.1. The van der Waals surface area contributed by atoms with Gasteiger partial charge in [0.15, 0.2) is 11.7 Å². The maximum atomic E-state index is 5.59. The van der Waals surface area contributed by atoms with Gasteiger partial charge < -0.3 is 14.5 Å². The lowest BCUT2D eigenvalue weighted by Gasteiger charge is -2.44. The summed E-state index contributed by atoms with van der Waals surface area (Å²) < 4.78 is 11.0. The number of nitrogens with one attached hydrogen (secondary N) is 1. The van der Waals surface area contributed by atoms with Crippen molar-refractivity contribution in [3.8, 4) is 11.5 Å². The van der Waals surface area contributed by atoms with Gasteiger partial charge in [0, 0.05) is 50.2 Å². The fourth-order valence-corrected chi connectivity index (χ4v) is 4.09. The summed E-state index contributed by atoms with van der Waals surface area (Å²) in [5.74, 6) is 2.92. The summed E-state index contributed by atoms with van der Waals surface area (Å²) in [5, 5.41) is 4.51. The lowest BCUT2D eigenvalue weighted by atomic mass is 9.79. The molecule has 1 aliphatic carbocycles. The number of oxazole rings is 1. The molecule has 3 aromatic rings. The van der Waals surface area contributed by atoms with Crippen LogP contribution in [0, 0.1) is 12.8 Å². The van der Waals surface area contributed by atoms with E-state index in [0.29, 0.717) is 17.6 Å². The minimum Gasteiger partial charge on any atom is -0.439 e. The Labute approximate surface area is 164 Å². The van der Waals surface area contributed by atoms with Gasteiger partial charge in [0.25, 0.3) is 0 Å². The third-order valence-corrected chi connectivity index (χ3v) is 5.79. The van der Waals surface area contributed by atoms with E-state index in [1.165, 1.54) is 12.8 Å². The predicted octanol–water partition coefficient (Wildman–Crippen LogP) is 3.12. The fraction of sp³-hybridized carbons (Fsp3) is 0.476. The fourth-order valence-electron chi connectivity index (χ4n) is 4.09. The Balaban J connectivity index is 1.21. The first-order chi connectivity index (χ1) is 13.7. The average molecular weight is 379 g/mol. The van der Waals surface area contributed by atoms with E-state index in [1.807, 2.05) is 31.3 Å². The molecule has 0 bridgehead atoms. The number of hydrogen-bond donors (Lipinski definition) is 1. The summed E-state index contributed by atoms with van der Waals surface area (Å²) >= 11 is 0. The molecule has 0 atom stereocenters. The van der Waals surface area contributed by atoms with Gasteiger partial charge in [0.2, 0.25) is 0 Å². The molecule has 1 aliphatic heterocycles. The van der Waals surface area contributed by atoms with Crippen molar-refractivity contribution in [1.82, 2.24) is 19.9 Å². The first-order valence-corrected chi connectivity index (χ1v) is 10.00. The SMILES string of the molecule is Cc1ncc(-c2ccc3cnc(NCC4CC(N5CCOCC5)C4)cc3n2)o1. The highest BCUT2D eigenvalue weighted by atomic mass is 16.5. The van der Waals surface area contributed by atoms with E-state index in [-0.39, 0.29) is 0 Å². The van der Waals surface area contributed by atoms with Gasteiger partial charge in [0.05, 0.1) is 24.9 Å². The van der Waals surface area contributed by atoms with Crippen LogP contribution in [0.1, 0.15) is 18.7 Å². The van der Waals surface area contributed by atoms with Crippen LogP contribution in [0.2, 0.25) is 0 Å². The van der Waals surface area contributed by atoms with Gasteiger partial charge in [-0.3, -0.25) is 4.90 Å². The molecule has 146 valence electrons. The molecule has 1 saturated carbocycles. The lowest BCUT2D eigenvalue weighted by Crippen LogP contribution is -2.50. The van der Waals surface area contributed by atoms with Gasteiger partial charge >= 0.3 is 0 Å². The van der Waals surface area contributed by atoms with Gasteiger partial charge in [-0.15, -0.1) is 0 Å².